The van der Waals surface area contributed by atoms with E-state index in [2.05, 4.69) is 0 Å². The topological polar surface area (TPSA) is 82.1 Å². The van der Waals surface area contributed by atoms with Gasteiger partial charge in [0.05, 0.1) is 23.1 Å². The summed E-state index contributed by atoms with van der Waals surface area (Å²) in [6.07, 6.45) is 0. The lowest BCUT2D eigenvalue weighted by atomic mass is 10.3. The number of carbonyl (C=O) groups excluding carboxylic acids is 1. The molecule has 0 aromatic heterocycles. The molecule has 10 heteroatoms. The van der Waals surface area contributed by atoms with Crippen LogP contribution in [0.15, 0.2) is 47.4 Å². The van der Waals surface area contributed by atoms with Crippen molar-refractivity contribution in [2.75, 3.05) is 32.9 Å². The van der Waals surface area contributed by atoms with E-state index in [4.69, 9.17) is 25.8 Å². The summed E-state index contributed by atoms with van der Waals surface area (Å²) < 4.78 is 55.3. The molecule has 0 radical (unpaired) electrons. The van der Waals surface area contributed by atoms with Crippen LogP contribution in [0.1, 0.15) is 0 Å². The third-order valence-electron chi connectivity index (χ3n) is 3.92. The lowest BCUT2D eigenvalue weighted by Gasteiger charge is -2.26. The number of esters is 1. The van der Waals surface area contributed by atoms with Crippen molar-refractivity contribution in [3.8, 4) is 11.5 Å². The van der Waals surface area contributed by atoms with Crippen LogP contribution in [-0.4, -0.2) is 51.6 Å². The molecule has 0 N–H and O–H groups in total. The van der Waals surface area contributed by atoms with E-state index in [0.29, 0.717) is 13.2 Å². The zero-order chi connectivity index (χ0) is 20.1. The van der Waals surface area contributed by atoms with Gasteiger partial charge in [-0.25, -0.2) is 17.6 Å². The first-order valence-corrected chi connectivity index (χ1v) is 10.1. The fourth-order valence-corrected chi connectivity index (χ4v) is 4.23. The highest BCUT2D eigenvalue weighted by Gasteiger charge is 2.27. The number of morpholine rings is 1. The number of hydrogen-bond donors (Lipinski definition) is 0. The molecule has 0 aliphatic carbocycles. The average Bonchev–Trinajstić information content (AvgIpc) is 2.69. The van der Waals surface area contributed by atoms with Crippen molar-refractivity contribution in [3.05, 3.63) is 53.3 Å². The van der Waals surface area contributed by atoms with E-state index in [1.54, 1.807) is 6.07 Å². The number of nitrogens with zero attached hydrogens (tertiary/aromatic N) is 1. The number of sulfonamides is 1. The molecule has 1 saturated heterocycles. The van der Waals surface area contributed by atoms with Gasteiger partial charge in [0.1, 0.15) is 5.75 Å². The van der Waals surface area contributed by atoms with E-state index in [1.165, 1.54) is 40.7 Å². The summed E-state index contributed by atoms with van der Waals surface area (Å²) in [6.45, 7) is 0.620. The molecule has 0 amide bonds. The second-order valence-corrected chi connectivity index (χ2v) is 8.15. The maximum absolute atomic E-state index is 13.5. The predicted molar refractivity (Wildman–Crippen MR) is 98.6 cm³/mol. The zero-order valence-corrected chi connectivity index (χ0v) is 16.2. The van der Waals surface area contributed by atoms with Gasteiger partial charge < -0.3 is 14.2 Å². The standard InChI is InChI=1S/C18H17ClFNO6S/c19-14-11-13(28(23,24)21-7-9-25-10-8-21)5-6-16(14)27-18(22)12-26-17-4-2-1-3-15(17)20/h1-6,11H,7-10,12H2. The number of para-hydroxylation sites is 1. The Bertz CT molecular complexity index is 962. The Morgan fingerprint density at radius 1 is 1.14 bits per heavy atom. The van der Waals surface area contributed by atoms with Crippen molar-refractivity contribution in [3.63, 3.8) is 0 Å². The quantitative estimate of drug-likeness (QED) is 0.518. The summed E-state index contributed by atoms with van der Waals surface area (Å²) in [7, 11) is -3.72. The Balaban J connectivity index is 1.65. The second kappa shape index (κ2) is 8.87. The van der Waals surface area contributed by atoms with Crippen molar-refractivity contribution in [2.45, 2.75) is 4.90 Å². The normalized spacial score (nSPS) is 15.2. The van der Waals surface area contributed by atoms with Crippen LogP contribution < -0.4 is 9.47 Å². The molecule has 1 aliphatic rings. The highest BCUT2D eigenvalue weighted by molar-refractivity contribution is 7.89. The molecular formula is C18H17ClFNO6S. The zero-order valence-electron chi connectivity index (χ0n) is 14.6. The minimum Gasteiger partial charge on any atom is -0.479 e. The first-order chi connectivity index (χ1) is 13.4. The van der Waals surface area contributed by atoms with Crippen molar-refractivity contribution >= 4 is 27.6 Å². The first-order valence-electron chi connectivity index (χ1n) is 8.33. The van der Waals surface area contributed by atoms with Crippen molar-refractivity contribution in [1.82, 2.24) is 4.31 Å². The Morgan fingerprint density at radius 3 is 2.54 bits per heavy atom. The minimum atomic E-state index is -3.72. The third-order valence-corrected chi connectivity index (χ3v) is 6.11. The molecule has 1 aliphatic heterocycles. The van der Waals surface area contributed by atoms with Crippen LogP contribution in [0.5, 0.6) is 11.5 Å². The summed E-state index contributed by atoms with van der Waals surface area (Å²) >= 11 is 6.08. The van der Waals surface area contributed by atoms with E-state index in [1.807, 2.05) is 0 Å². The van der Waals surface area contributed by atoms with Gasteiger partial charge in [-0.15, -0.1) is 0 Å². The number of ether oxygens (including phenoxy) is 3. The van der Waals surface area contributed by atoms with Gasteiger partial charge in [0.15, 0.2) is 18.2 Å². The summed E-state index contributed by atoms with van der Waals surface area (Å²) in [5.74, 6) is -1.53. The average molecular weight is 430 g/mol. The van der Waals surface area contributed by atoms with Gasteiger partial charge in [0.25, 0.3) is 0 Å². The van der Waals surface area contributed by atoms with Crippen LogP contribution in [0, 0.1) is 5.82 Å². The van der Waals surface area contributed by atoms with Gasteiger partial charge in [-0.1, -0.05) is 23.7 Å². The molecule has 0 spiro atoms. The molecule has 0 bridgehead atoms. The highest BCUT2D eigenvalue weighted by Crippen LogP contribution is 2.29. The number of halogens is 2. The van der Waals surface area contributed by atoms with E-state index in [9.17, 15) is 17.6 Å². The van der Waals surface area contributed by atoms with Crippen molar-refractivity contribution in [2.24, 2.45) is 0 Å². The smallest absolute Gasteiger partial charge is 0.349 e. The molecule has 0 unspecified atom stereocenters. The van der Waals surface area contributed by atoms with Crippen LogP contribution in [0.25, 0.3) is 0 Å². The largest absolute Gasteiger partial charge is 0.479 e. The molecule has 1 fully saturated rings. The summed E-state index contributed by atoms with van der Waals surface area (Å²) in [5, 5.41) is -0.0476. The lowest BCUT2D eigenvalue weighted by Crippen LogP contribution is -2.40. The summed E-state index contributed by atoms with van der Waals surface area (Å²) in [5.41, 5.74) is 0. The first kappa shape index (κ1) is 20.5. The van der Waals surface area contributed by atoms with Crippen LogP contribution in [-0.2, 0) is 19.6 Å². The van der Waals surface area contributed by atoms with Gasteiger partial charge in [-0.05, 0) is 30.3 Å². The predicted octanol–water partition coefficient (Wildman–Crippen LogP) is 2.48. The van der Waals surface area contributed by atoms with Crippen molar-refractivity contribution in [1.29, 1.82) is 0 Å². The fourth-order valence-electron chi connectivity index (χ4n) is 2.51. The number of hydrogen-bond acceptors (Lipinski definition) is 6. The fraction of sp³-hybridized carbons (Fsp3) is 0.278. The Hall–Kier alpha value is -2.20. The van der Waals surface area contributed by atoms with E-state index in [-0.39, 0.29) is 34.5 Å². The Labute approximate surface area is 166 Å². The lowest BCUT2D eigenvalue weighted by molar-refractivity contribution is -0.136. The van der Waals surface area contributed by atoms with Crippen molar-refractivity contribution < 1.29 is 31.8 Å². The van der Waals surface area contributed by atoms with E-state index in [0.717, 1.165) is 0 Å². The molecule has 1 heterocycles. The van der Waals surface area contributed by atoms with Gasteiger partial charge in [-0.3, -0.25) is 0 Å². The van der Waals surface area contributed by atoms with Gasteiger partial charge >= 0.3 is 5.97 Å². The molecule has 3 rings (SSSR count). The van der Waals surface area contributed by atoms with E-state index < -0.39 is 28.4 Å². The maximum atomic E-state index is 13.5. The maximum Gasteiger partial charge on any atom is 0.349 e. The van der Waals surface area contributed by atoms with Crippen LogP contribution in [0.2, 0.25) is 5.02 Å². The minimum absolute atomic E-state index is 0.0122. The van der Waals surface area contributed by atoms with Crippen LogP contribution in [0.4, 0.5) is 4.39 Å². The molecule has 0 atom stereocenters. The Kier molecular flexibility index (Phi) is 6.50. The SMILES string of the molecule is O=C(COc1ccccc1F)Oc1ccc(S(=O)(=O)N2CCOCC2)cc1Cl. The highest BCUT2D eigenvalue weighted by atomic mass is 35.5. The number of carbonyl (C=O) groups is 1. The molecular weight excluding hydrogens is 413 g/mol. The molecule has 2 aromatic rings. The third kappa shape index (κ3) is 4.79. The monoisotopic (exact) mass is 429 g/mol. The van der Waals surface area contributed by atoms with Gasteiger partial charge in [0.2, 0.25) is 10.0 Å². The van der Waals surface area contributed by atoms with Gasteiger partial charge in [0, 0.05) is 13.1 Å². The molecule has 2 aromatic carbocycles. The summed E-state index contributed by atoms with van der Waals surface area (Å²) in [6, 6.07) is 9.44. The number of benzene rings is 2. The second-order valence-electron chi connectivity index (χ2n) is 5.80. The van der Waals surface area contributed by atoms with Crippen LogP contribution in [0.3, 0.4) is 0 Å². The molecule has 28 heavy (non-hydrogen) atoms. The van der Waals surface area contributed by atoms with E-state index >= 15 is 0 Å². The Morgan fingerprint density at radius 2 is 1.86 bits per heavy atom. The number of rotatable bonds is 6. The molecule has 150 valence electrons. The molecule has 7 nitrogen and oxygen atoms in total. The molecule has 0 saturated carbocycles. The van der Waals surface area contributed by atoms with Crippen LogP contribution >= 0.6 is 11.6 Å². The summed E-state index contributed by atoms with van der Waals surface area (Å²) in [4.78, 5) is 11.9. The van der Waals surface area contributed by atoms with Gasteiger partial charge in [-0.2, -0.15) is 4.31 Å².